The first-order valence-electron chi connectivity index (χ1n) is 10.0. The third kappa shape index (κ3) is 4.58. The average molecular weight is 499 g/mol. The molecule has 3 aromatic rings. The lowest BCUT2D eigenvalue weighted by Crippen LogP contribution is -2.58. The van der Waals surface area contributed by atoms with Gasteiger partial charge in [-0.15, -0.1) is 0 Å². The number of hydrogen-bond acceptors (Lipinski definition) is 5. The molecule has 33 heavy (non-hydrogen) atoms. The van der Waals surface area contributed by atoms with Crippen molar-refractivity contribution in [1.82, 2.24) is 19.2 Å². The summed E-state index contributed by atoms with van der Waals surface area (Å²) in [6, 6.07) is 10.5. The van der Waals surface area contributed by atoms with Gasteiger partial charge in [0.25, 0.3) is 21.9 Å². The number of benzene rings is 1. The lowest BCUT2D eigenvalue weighted by Gasteiger charge is -2.37. The van der Waals surface area contributed by atoms with Gasteiger partial charge in [-0.2, -0.15) is 4.31 Å². The van der Waals surface area contributed by atoms with E-state index in [0.29, 0.717) is 4.31 Å². The van der Waals surface area contributed by atoms with Crippen molar-refractivity contribution >= 4 is 33.2 Å². The van der Waals surface area contributed by atoms with E-state index < -0.39 is 34.9 Å². The van der Waals surface area contributed by atoms with Crippen LogP contribution in [0.4, 0.5) is 8.78 Å². The highest BCUT2D eigenvalue weighted by Crippen LogP contribution is 2.35. The van der Waals surface area contributed by atoms with Gasteiger partial charge >= 0.3 is 0 Å². The number of pyridine rings is 1. The molecule has 0 saturated carbocycles. The van der Waals surface area contributed by atoms with E-state index in [0.717, 1.165) is 5.56 Å². The van der Waals surface area contributed by atoms with Crippen molar-refractivity contribution in [3.63, 3.8) is 0 Å². The van der Waals surface area contributed by atoms with Crippen LogP contribution in [0.2, 0.25) is 5.02 Å². The number of nitrogens with one attached hydrogen (secondary N) is 1. The fraction of sp³-hybridized carbons (Fsp3) is 0.333. The second kappa shape index (κ2) is 8.64. The van der Waals surface area contributed by atoms with Gasteiger partial charge < -0.3 is 0 Å². The van der Waals surface area contributed by atoms with Crippen molar-refractivity contribution in [2.45, 2.75) is 37.3 Å². The molecule has 1 aliphatic rings. The van der Waals surface area contributed by atoms with Crippen LogP contribution in [-0.4, -0.2) is 47.0 Å². The third-order valence-corrected chi connectivity index (χ3v) is 7.26. The van der Waals surface area contributed by atoms with Gasteiger partial charge in [-0.3, -0.25) is 14.0 Å². The van der Waals surface area contributed by atoms with Crippen LogP contribution in [0.25, 0.3) is 5.65 Å². The molecule has 0 radical (unpaired) electrons. The predicted octanol–water partition coefficient (Wildman–Crippen LogP) is 3.61. The van der Waals surface area contributed by atoms with E-state index in [9.17, 15) is 22.0 Å². The Morgan fingerprint density at radius 1 is 1.27 bits per heavy atom. The number of alkyl halides is 2. The molecule has 4 rings (SSSR count). The highest BCUT2D eigenvalue weighted by molar-refractivity contribution is 7.89. The lowest BCUT2D eigenvalue weighted by molar-refractivity contribution is -0.0946. The van der Waals surface area contributed by atoms with E-state index in [1.54, 1.807) is 13.8 Å². The van der Waals surface area contributed by atoms with Crippen LogP contribution in [0.3, 0.4) is 0 Å². The van der Waals surface area contributed by atoms with E-state index in [1.165, 1.54) is 16.7 Å². The monoisotopic (exact) mass is 498 g/mol. The van der Waals surface area contributed by atoms with Crippen molar-refractivity contribution in [3.8, 4) is 0 Å². The number of carbonyl (C=O) groups is 1. The largest absolute Gasteiger partial charge is 0.288 e. The number of halogens is 3. The summed E-state index contributed by atoms with van der Waals surface area (Å²) in [6.45, 7) is 1.81. The molecule has 0 atom stereocenters. The molecule has 0 aliphatic carbocycles. The molecule has 3 heterocycles. The van der Waals surface area contributed by atoms with E-state index >= 15 is 0 Å². The lowest BCUT2D eigenvalue weighted by atomic mass is 10.2. The number of imidazole rings is 1. The van der Waals surface area contributed by atoms with Gasteiger partial charge in [-0.1, -0.05) is 55.8 Å². The number of rotatable bonds is 7. The molecule has 176 valence electrons. The Kier molecular flexibility index (Phi) is 6.16. The summed E-state index contributed by atoms with van der Waals surface area (Å²) in [5.74, 6) is -4.03. The number of fused-ring (bicyclic) bond motifs is 1. The fourth-order valence-corrected chi connectivity index (χ4v) is 5.58. The summed E-state index contributed by atoms with van der Waals surface area (Å²) < 4.78 is 54.8. The number of nitrogens with zero attached hydrogens (tertiary/aromatic N) is 3. The van der Waals surface area contributed by atoms with Crippen molar-refractivity contribution in [2.24, 2.45) is 0 Å². The Bertz CT molecular complexity index is 1300. The molecule has 1 aromatic carbocycles. The van der Waals surface area contributed by atoms with Gasteiger partial charge in [-0.05, 0) is 17.5 Å². The van der Waals surface area contributed by atoms with Crippen LogP contribution < -0.4 is 5.48 Å². The predicted molar refractivity (Wildman–Crippen MR) is 117 cm³/mol. The number of aromatic nitrogens is 2. The highest BCUT2D eigenvalue weighted by Gasteiger charge is 2.51. The topological polar surface area (TPSA) is 93.0 Å². The van der Waals surface area contributed by atoms with Gasteiger partial charge in [0.05, 0.1) is 36.0 Å². The van der Waals surface area contributed by atoms with Crippen LogP contribution in [0.1, 0.15) is 41.4 Å². The number of carbonyl (C=O) groups excluding carboxylic acids is 1. The zero-order valence-electron chi connectivity index (χ0n) is 17.8. The molecule has 1 fully saturated rings. The van der Waals surface area contributed by atoms with E-state index in [4.69, 9.17) is 16.4 Å². The van der Waals surface area contributed by atoms with Crippen LogP contribution >= 0.6 is 11.6 Å². The maximum Gasteiger partial charge on any atom is 0.276 e. The van der Waals surface area contributed by atoms with Crippen LogP contribution in [-0.2, 0) is 21.5 Å². The summed E-state index contributed by atoms with van der Waals surface area (Å²) in [4.78, 5) is 22.2. The Labute approximate surface area is 194 Å². The molecule has 1 N–H and O–H groups in total. The standard InChI is InChI=1S/C21H21ClF2N4O4S/c1-13(2)18-20(33(30,31)27-11-21(23,24)12-27)28-9-16(22)15(8-17(28)25-18)19(29)26-32-10-14-6-4-3-5-7-14/h3-9,13H,10-12H2,1-2H3,(H,26,29). The molecule has 1 amide bonds. The Morgan fingerprint density at radius 3 is 2.55 bits per heavy atom. The highest BCUT2D eigenvalue weighted by atomic mass is 35.5. The minimum Gasteiger partial charge on any atom is -0.288 e. The first-order valence-corrected chi connectivity index (χ1v) is 11.9. The Hall–Kier alpha value is -2.60. The molecule has 12 heteroatoms. The number of sulfonamides is 1. The SMILES string of the molecule is CC(C)c1nc2cc(C(=O)NOCc3ccccc3)c(Cl)cn2c1S(=O)(=O)N1CC(F)(F)C1. The maximum absolute atomic E-state index is 13.3. The zero-order chi connectivity index (χ0) is 24.0. The summed E-state index contributed by atoms with van der Waals surface area (Å²) in [7, 11) is -4.26. The molecular weight excluding hydrogens is 478 g/mol. The Morgan fingerprint density at radius 2 is 1.94 bits per heavy atom. The number of hydrogen-bond donors (Lipinski definition) is 1. The van der Waals surface area contributed by atoms with Crippen LogP contribution in [0.5, 0.6) is 0 Å². The zero-order valence-corrected chi connectivity index (χ0v) is 19.3. The number of amides is 1. The van der Waals surface area contributed by atoms with Gasteiger partial charge in [-0.25, -0.2) is 27.7 Å². The van der Waals surface area contributed by atoms with Crippen LogP contribution in [0, 0.1) is 0 Å². The first kappa shape index (κ1) is 23.6. The quantitative estimate of drug-likeness (QED) is 0.502. The summed E-state index contributed by atoms with van der Waals surface area (Å²) in [6.07, 6.45) is 1.24. The average Bonchev–Trinajstić information content (AvgIpc) is 3.11. The molecule has 2 aromatic heterocycles. The molecular formula is C21H21ClF2N4O4S. The molecule has 0 spiro atoms. The second-order valence-electron chi connectivity index (χ2n) is 8.05. The second-order valence-corrected chi connectivity index (χ2v) is 10.3. The van der Waals surface area contributed by atoms with Crippen molar-refractivity contribution < 1.29 is 26.8 Å². The van der Waals surface area contributed by atoms with Crippen molar-refractivity contribution in [1.29, 1.82) is 0 Å². The van der Waals surface area contributed by atoms with Gasteiger partial charge in [0, 0.05) is 6.20 Å². The summed E-state index contributed by atoms with van der Waals surface area (Å²) in [5.41, 5.74) is 3.51. The smallest absolute Gasteiger partial charge is 0.276 e. The van der Waals surface area contributed by atoms with E-state index in [-0.39, 0.29) is 39.5 Å². The molecule has 8 nitrogen and oxygen atoms in total. The minimum absolute atomic E-state index is 0.0250. The van der Waals surface area contributed by atoms with E-state index in [2.05, 4.69) is 10.5 Å². The molecule has 0 bridgehead atoms. The molecule has 0 unspecified atom stereocenters. The maximum atomic E-state index is 13.3. The molecule has 1 saturated heterocycles. The summed E-state index contributed by atoms with van der Waals surface area (Å²) >= 11 is 6.28. The number of hydroxylamine groups is 1. The minimum atomic E-state index is -4.26. The van der Waals surface area contributed by atoms with Crippen molar-refractivity contribution in [3.05, 3.63) is 64.4 Å². The van der Waals surface area contributed by atoms with Crippen LogP contribution in [0.15, 0.2) is 47.6 Å². The summed E-state index contributed by atoms with van der Waals surface area (Å²) in [5, 5.41) is -0.293. The normalized spacial score (nSPS) is 16.2. The third-order valence-electron chi connectivity index (χ3n) is 5.13. The van der Waals surface area contributed by atoms with Gasteiger partial charge in [0.15, 0.2) is 5.03 Å². The molecule has 1 aliphatic heterocycles. The first-order chi connectivity index (χ1) is 15.5. The van der Waals surface area contributed by atoms with E-state index in [1.807, 2.05) is 30.3 Å². The van der Waals surface area contributed by atoms with Crippen molar-refractivity contribution in [2.75, 3.05) is 13.1 Å². The Balaban J connectivity index is 1.64. The van der Waals surface area contributed by atoms with Gasteiger partial charge in [0.2, 0.25) is 0 Å². The fourth-order valence-electron chi connectivity index (χ4n) is 3.44. The van der Waals surface area contributed by atoms with Gasteiger partial charge in [0.1, 0.15) is 5.65 Å².